The van der Waals surface area contributed by atoms with Crippen molar-refractivity contribution in [2.75, 3.05) is 25.6 Å². The highest BCUT2D eigenvalue weighted by Crippen LogP contribution is 2.39. The topological polar surface area (TPSA) is 108 Å². The number of hydrogen-bond donors (Lipinski definition) is 1. The van der Waals surface area contributed by atoms with Crippen LogP contribution in [0.2, 0.25) is 0 Å². The van der Waals surface area contributed by atoms with E-state index < -0.39 is 5.60 Å². The predicted molar refractivity (Wildman–Crippen MR) is 145 cm³/mol. The van der Waals surface area contributed by atoms with Crippen LogP contribution in [-0.4, -0.2) is 70.2 Å². The summed E-state index contributed by atoms with van der Waals surface area (Å²) in [5, 5.41) is 11.6. The van der Waals surface area contributed by atoms with Gasteiger partial charge in [0.2, 0.25) is 11.8 Å². The number of carbonyl (C=O) groups excluding carboxylic acids is 1. The molecule has 2 saturated heterocycles. The van der Waals surface area contributed by atoms with Crippen LogP contribution in [0.5, 0.6) is 11.8 Å². The van der Waals surface area contributed by atoms with Crippen LogP contribution in [0.3, 0.4) is 0 Å². The van der Waals surface area contributed by atoms with Gasteiger partial charge in [-0.05, 0) is 68.5 Å². The Balaban J connectivity index is 1.17. The van der Waals surface area contributed by atoms with Gasteiger partial charge >= 0.3 is 6.09 Å². The molecule has 204 valence electrons. The molecule has 3 aliphatic rings. The molecule has 1 N–H and O–H groups in total. The number of rotatable bonds is 4. The summed E-state index contributed by atoms with van der Waals surface area (Å²) >= 11 is 0. The molecule has 3 atom stereocenters. The fraction of sp³-hybridized carbons (Fsp3) is 0.448. The lowest BCUT2D eigenvalue weighted by Gasteiger charge is -2.48. The van der Waals surface area contributed by atoms with Crippen molar-refractivity contribution in [1.82, 2.24) is 20.1 Å². The number of benzene rings is 1. The molecule has 0 radical (unpaired) electrons. The van der Waals surface area contributed by atoms with Gasteiger partial charge in [0.1, 0.15) is 18.0 Å². The molecule has 39 heavy (non-hydrogen) atoms. The first-order valence-electron chi connectivity index (χ1n) is 13.3. The Morgan fingerprint density at radius 1 is 1.05 bits per heavy atom. The lowest BCUT2D eigenvalue weighted by Crippen LogP contribution is -2.61. The lowest BCUT2D eigenvalue weighted by atomic mass is 9.90. The minimum atomic E-state index is -0.529. The second-order valence-corrected chi connectivity index (χ2v) is 11.2. The molecule has 1 unspecified atom stereocenters. The van der Waals surface area contributed by atoms with E-state index in [2.05, 4.69) is 39.8 Å². The van der Waals surface area contributed by atoms with Gasteiger partial charge in [-0.15, -0.1) is 5.10 Å². The number of fused-ring (bicyclic) bond motifs is 5. The number of piperidine rings is 1. The Hall–Kier alpha value is -3.92. The van der Waals surface area contributed by atoms with Crippen LogP contribution in [0.25, 0.3) is 22.3 Å². The molecular weight excluding hydrogens is 498 g/mol. The van der Waals surface area contributed by atoms with Crippen LogP contribution in [0.4, 0.5) is 10.6 Å². The van der Waals surface area contributed by atoms with Crippen LogP contribution >= 0.6 is 0 Å². The maximum absolute atomic E-state index is 12.9. The number of carbonyl (C=O) groups is 1. The highest BCUT2D eigenvalue weighted by molar-refractivity contribution is 5.78. The average Bonchev–Trinajstić information content (AvgIpc) is 2.91. The Morgan fingerprint density at radius 2 is 1.82 bits per heavy atom. The molecule has 10 nitrogen and oxygen atoms in total. The molecule has 10 heteroatoms. The van der Waals surface area contributed by atoms with Gasteiger partial charge in [0.15, 0.2) is 0 Å². The molecule has 2 aromatic heterocycles. The van der Waals surface area contributed by atoms with E-state index in [1.165, 1.54) is 0 Å². The van der Waals surface area contributed by atoms with E-state index >= 15 is 0 Å². The molecule has 5 heterocycles. The zero-order chi connectivity index (χ0) is 27.1. The Morgan fingerprint density at radius 3 is 2.56 bits per heavy atom. The number of amides is 1. The van der Waals surface area contributed by atoms with E-state index in [0.29, 0.717) is 31.6 Å². The summed E-state index contributed by atoms with van der Waals surface area (Å²) in [4.78, 5) is 19.5. The largest absolute Gasteiger partial charge is 0.480 e. The molecule has 2 bridgehead atoms. The third-order valence-electron chi connectivity index (χ3n) is 7.27. The first-order chi connectivity index (χ1) is 18.8. The SMILES string of the molecule is COc1cc(-c2ccc3c(c2)COc2nc(NC4C[C@H]5COC[C@@H](C4)N5C(=O)OC(C)(C)C)ccc2-3)cnn1. The van der Waals surface area contributed by atoms with Crippen LogP contribution in [0, 0.1) is 0 Å². The molecule has 0 aliphatic carbocycles. The number of ether oxygens (including phenoxy) is 4. The van der Waals surface area contributed by atoms with Gasteiger partial charge in [-0.2, -0.15) is 10.1 Å². The van der Waals surface area contributed by atoms with Crippen molar-refractivity contribution in [1.29, 1.82) is 0 Å². The Bertz CT molecular complexity index is 1380. The molecule has 6 rings (SSSR count). The van der Waals surface area contributed by atoms with Gasteiger partial charge in [0.05, 0.1) is 38.6 Å². The third kappa shape index (κ3) is 5.21. The van der Waals surface area contributed by atoms with Crippen molar-refractivity contribution in [2.24, 2.45) is 0 Å². The second kappa shape index (κ2) is 10.00. The number of aromatic nitrogens is 3. The zero-order valence-electron chi connectivity index (χ0n) is 22.6. The van der Waals surface area contributed by atoms with Gasteiger partial charge < -0.3 is 24.3 Å². The maximum atomic E-state index is 12.9. The first kappa shape index (κ1) is 25.4. The van der Waals surface area contributed by atoms with Crippen LogP contribution < -0.4 is 14.8 Å². The van der Waals surface area contributed by atoms with E-state index in [9.17, 15) is 4.79 Å². The highest BCUT2D eigenvalue weighted by atomic mass is 16.6. The third-order valence-corrected chi connectivity index (χ3v) is 7.27. The van der Waals surface area contributed by atoms with Crippen molar-refractivity contribution in [3.63, 3.8) is 0 Å². The minimum absolute atomic E-state index is 0.0321. The fourth-order valence-electron chi connectivity index (χ4n) is 5.60. The number of anilines is 1. The van der Waals surface area contributed by atoms with Gasteiger partial charge in [-0.25, -0.2) is 4.79 Å². The highest BCUT2D eigenvalue weighted by Gasteiger charge is 2.43. The van der Waals surface area contributed by atoms with Crippen molar-refractivity contribution in [3.8, 4) is 34.0 Å². The molecule has 0 saturated carbocycles. The Kier molecular flexibility index (Phi) is 6.50. The summed E-state index contributed by atoms with van der Waals surface area (Å²) in [6, 6.07) is 12.3. The fourth-order valence-corrected chi connectivity index (χ4v) is 5.60. The van der Waals surface area contributed by atoms with Crippen LogP contribution in [0.15, 0.2) is 42.6 Å². The van der Waals surface area contributed by atoms with Crippen molar-refractivity contribution < 1.29 is 23.7 Å². The van der Waals surface area contributed by atoms with E-state index in [4.69, 9.17) is 23.9 Å². The summed E-state index contributed by atoms with van der Waals surface area (Å²) in [5.41, 5.74) is 4.57. The number of nitrogens with one attached hydrogen (secondary N) is 1. The number of hydrogen-bond acceptors (Lipinski definition) is 9. The van der Waals surface area contributed by atoms with Crippen molar-refractivity contribution in [2.45, 2.75) is 63.9 Å². The van der Waals surface area contributed by atoms with E-state index in [0.717, 1.165) is 46.5 Å². The molecule has 1 aromatic carbocycles. The summed E-state index contributed by atoms with van der Waals surface area (Å²) in [6.07, 6.45) is 2.98. The average molecular weight is 532 g/mol. The lowest BCUT2D eigenvalue weighted by molar-refractivity contribution is -0.0803. The van der Waals surface area contributed by atoms with E-state index in [1.807, 2.05) is 37.8 Å². The van der Waals surface area contributed by atoms with E-state index in [-0.39, 0.29) is 24.2 Å². The molecule has 0 spiro atoms. The monoisotopic (exact) mass is 531 g/mol. The summed E-state index contributed by atoms with van der Waals surface area (Å²) in [5.74, 6) is 1.85. The molecule has 3 aliphatic heterocycles. The number of methoxy groups -OCH3 is 1. The van der Waals surface area contributed by atoms with Gasteiger partial charge in [-0.1, -0.05) is 12.1 Å². The number of nitrogens with zero attached hydrogens (tertiary/aromatic N) is 4. The maximum Gasteiger partial charge on any atom is 0.410 e. The van der Waals surface area contributed by atoms with Gasteiger partial charge in [0, 0.05) is 23.2 Å². The number of morpholine rings is 1. The van der Waals surface area contributed by atoms with Crippen LogP contribution in [0.1, 0.15) is 39.2 Å². The van der Waals surface area contributed by atoms with Gasteiger partial charge in [0.25, 0.3) is 0 Å². The molecule has 3 aromatic rings. The first-order valence-corrected chi connectivity index (χ1v) is 13.3. The van der Waals surface area contributed by atoms with Crippen LogP contribution in [-0.2, 0) is 16.1 Å². The Labute approximate surface area is 227 Å². The normalized spacial score (nSPS) is 21.7. The van der Waals surface area contributed by atoms with Crippen molar-refractivity contribution in [3.05, 3.63) is 48.2 Å². The standard InChI is InChI=1S/C29H33N5O5/c1-29(2,3)39-28(35)34-21-11-20(12-22(34)16-37-15-21)31-25-8-7-24-23-6-5-17(9-19(23)14-38-27(24)32-25)18-10-26(36-4)33-30-13-18/h5-10,13,20-22H,11-12,14-16H2,1-4H3,(H,31,32)/t20?,21-,22+. The minimum Gasteiger partial charge on any atom is -0.480 e. The van der Waals surface area contributed by atoms with Gasteiger partial charge in [-0.3, -0.25) is 4.90 Å². The molecule has 2 fully saturated rings. The summed E-state index contributed by atoms with van der Waals surface area (Å²) in [6.45, 7) is 7.12. The predicted octanol–water partition coefficient (Wildman–Crippen LogP) is 4.69. The summed E-state index contributed by atoms with van der Waals surface area (Å²) in [7, 11) is 1.58. The number of pyridine rings is 1. The van der Waals surface area contributed by atoms with Crippen molar-refractivity contribution >= 4 is 11.9 Å². The zero-order valence-corrected chi connectivity index (χ0v) is 22.6. The molecule has 1 amide bonds. The smallest absolute Gasteiger partial charge is 0.410 e. The van der Waals surface area contributed by atoms with E-state index in [1.54, 1.807) is 13.3 Å². The quantitative estimate of drug-likeness (QED) is 0.513. The molecular formula is C29H33N5O5. The summed E-state index contributed by atoms with van der Waals surface area (Å²) < 4.78 is 22.8. The second-order valence-electron chi connectivity index (χ2n) is 11.2.